The minimum Gasteiger partial charge on any atom is -0.496 e. The minimum atomic E-state index is -0.483. The number of methoxy groups -OCH3 is 1. The van der Waals surface area contributed by atoms with E-state index < -0.39 is 5.91 Å². The fourth-order valence-electron chi connectivity index (χ4n) is 1.85. The number of carbonyl (C=O) groups is 1. The summed E-state index contributed by atoms with van der Waals surface area (Å²) in [4.78, 5) is 11.0. The first-order valence-electron chi connectivity index (χ1n) is 5.82. The minimum absolute atomic E-state index is 0.396. The first-order valence-corrected chi connectivity index (χ1v) is 5.82. The summed E-state index contributed by atoms with van der Waals surface area (Å²) in [6.07, 6.45) is 3.07. The predicted molar refractivity (Wildman–Crippen MR) is 70.7 cm³/mol. The predicted octanol–water partition coefficient (Wildman–Crippen LogP) is 0.498. The Hall–Kier alpha value is -2.34. The number of primary amides is 1. The molecular weight excluding hydrogens is 244 g/mol. The van der Waals surface area contributed by atoms with E-state index in [4.69, 9.17) is 16.2 Å². The van der Waals surface area contributed by atoms with E-state index in [0.717, 1.165) is 16.9 Å². The van der Waals surface area contributed by atoms with Crippen LogP contribution in [-0.2, 0) is 13.1 Å². The van der Waals surface area contributed by atoms with Gasteiger partial charge in [-0.05, 0) is 17.7 Å². The summed E-state index contributed by atoms with van der Waals surface area (Å²) in [5.74, 6) is 0.285. The number of rotatable bonds is 5. The smallest absolute Gasteiger partial charge is 0.251 e. The van der Waals surface area contributed by atoms with Crippen LogP contribution in [0.5, 0.6) is 5.75 Å². The molecule has 0 fully saturated rings. The lowest BCUT2D eigenvalue weighted by molar-refractivity contribution is 0.1000. The Bertz CT molecular complexity index is 592. The van der Waals surface area contributed by atoms with Gasteiger partial charge in [0.1, 0.15) is 5.75 Å². The lowest BCUT2D eigenvalue weighted by Crippen LogP contribution is -2.09. The van der Waals surface area contributed by atoms with Crippen molar-refractivity contribution in [1.82, 2.24) is 9.78 Å². The number of benzene rings is 1. The van der Waals surface area contributed by atoms with Gasteiger partial charge in [0.05, 0.1) is 25.4 Å². The fraction of sp³-hybridized carbons (Fsp3) is 0.231. The summed E-state index contributed by atoms with van der Waals surface area (Å²) >= 11 is 0. The molecule has 0 atom stereocenters. The monoisotopic (exact) mass is 260 g/mol. The molecule has 100 valence electrons. The van der Waals surface area contributed by atoms with Crippen LogP contribution in [0.25, 0.3) is 0 Å². The summed E-state index contributed by atoms with van der Waals surface area (Å²) < 4.78 is 6.87. The summed E-state index contributed by atoms with van der Waals surface area (Å²) in [5.41, 5.74) is 13.2. The zero-order chi connectivity index (χ0) is 13.8. The van der Waals surface area contributed by atoms with Gasteiger partial charge in [0, 0.05) is 18.3 Å². The van der Waals surface area contributed by atoms with E-state index in [1.807, 2.05) is 18.2 Å². The van der Waals surface area contributed by atoms with Crippen molar-refractivity contribution in [1.29, 1.82) is 0 Å². The zero-order valence-corrected chi connectivity index (χ0v) is 10.7. The van der Waals surface area contributed by atoms with Gasteiger partial charge >= 0.3 is 0 Å². The third-order valence-corrected chi connectivity index (χ3v) is 2.83. The fourth-order valence-corrected chi connectivity index (χ4v) is 1.85. The van der Waals surface area contributed by atoms with Crippen LogP contribution < -0.4 is 16.2 Å². The van der Waals surface area contributed by atoms with Crippen LogP contribution in [0.4, 0.5) is 0 Å². The molecule has 0 saturated carbocycles. The highest BCUT2D eigenvalue weighted by Crippen LogP contribution is 2.19. The number of aromatic nitrogens is 2. The molecule has 0 aliphatic rings. The molecule has 0 spiro atoms. The molecular formula is C13H16N4O2. The number of hydrogen-bond acceptors (Lipinski definition) is 4. The largest absolute Gasteiger partial charge is 0.496 e. The SMILES string of the molecule is COc1ccc(Cn2cc(C(N)=O)cn2)cc1CN. The Morgan fingerprint density at radius 1 is 1.47 bits per heavy atom. The van der Waals surface area contributed by atoms with Gasteiger partial charge in [-0.25, -0.2) is 0 Å². The summed E-state index contributed by atoms with van der Waals surface area (Å²) in [5, 5.41) is 4.08. The second-order valence-electron chi connectivity index (χ2n) is 4.14. The molecule has 2 rings (SSSR count). The highest BCUT2D eigenvalue weighted by Gasteiger charge is 2.06. The van der Waals surface area contributed by atoms with E-state index in [0.29, 0.717) is 18.7 Å². The van der Waals surface area contributed by atoms with Gasteiger partial charge in [0.25, 0.3) is 5.91 Å². The first-order chi connectivity index (χ1) is 9.13. The van der Waals surface area contributed by atoms with Crippen LogP contribution in [0.15, 0.2) is 30.6 Å². The standard InChI is InChI=1S/C13H16N4O2/c1-19-12-3-2-9(4-10(12)5-14)7-17-8-11(6-16-17)13(15)18/h2-4,6,8H,5,7,14H2,1H3,(H2,15,18). The Kier molecular flexibility index (Phi) is 3.82. The van der Waals surface area contributed by atoms with E-state index in [1.165, 1.54) is 6.20 Å². The molecule has 0 saturated heterocycles. The van der Waals surface area contributed by atoms with Gasteiger partial charge < -0.3 is 16.2 Å². The van der Waals surface area contributed by atoms with Crippen LogP contribution in [0.1, 0.15) is 21.5 Å². The second-order valence-corrected chi connectivity index (χ2v) is 4.14. The summed E-state index contributed by atoms with van der Waals surface area (Å²) in [7, 11) is 1.61. The van der Waals surface area contributed by atoms with E-state index >= 15 is 0 Å². The molecule has 2 aromatic rings. The van der Waals surface area contributed by atoms with Crippen molar-refractivity contribution in [3.8, 4) is 5.75 Å². The molecule has 1 aromatic carbocycles. The van der Waals surface area contributed by atoms with Crippen molar-refractivity contribution in [2.45, 2.75) is 13.1 Å². The molecule has 1 aromatic heterocycles. The van der Waals surface area contributed by atoms with Crippen molar-refractivity contribution in [2.75, 3.05) is 7.11 Å². The number of hydrogen-bond donors (Lipinski definition) is 2. The molecule has 19 heavy (non-hydrogen) atoms. The van der Waals surface area contributed by atoms with Gasteiger partial charge in [-0.3, -0.25) is 9.48 Å². The summed E-state index contributed by atoms with van der Waals surface area (Å²) in [6.45, 7) is 0.951. The highest BCUT2D eigenvalue weighted by molar-refractivity contribution is 5.92. The molecule has 1 amide bonds. The molecule has 0 aliphatic heterocycles. The molecule has 6 nitrogen and oxygen atoms in total. The van der Waals surface area contributed by atoms with Crippen LogP contribution in [0.3, 0.4) is 0 Å². The Labute approximate surface area is 111 Å². The molecule has 0 radical (unpaired) electrons. The normalized spacial score (nSPS) is 10.4. The third kappa shape index (κ3) is 2.92. The summed E-state index contributed by atoms with van der Waals surface area (Å²) in [6, 6.07) is 5.77. The van der Waals surface area contributed by atoms with E-state index in [9.17, 15) is 4.79 Å². The zero-order valence-electron chi connectivity index (χ0n) is 10.7. The Morgan fingerprint density at radius 3 is 2.84 bits per heavy atom. The number of nitrogens with zero attached hydrogens (tertiary/aromatic N) is 2. The number of carbonyl (C=O) groups excluding carboxylic acids is 1. The van der Waals surface area contributed by atoms with E-state index in [1.54, 1.807) is 18.0 Å². The van der Waals surface area contributed by atoms with Crippen molar-refractivity contribution < 1.29 is 9.53 Å². The molecule has 6 heteroatoms. The number of ether oxygens (including phenoxy) is 1. The van der Waals surface area contributed by atoms with E-state index in [2.05, 4.69) is 5.10 Å². The van der Waals surface area contributed by atoms with E-state index in [-0.39, 0.29) is 0 Å². The number of amides is 1. The van der Waals surface area contributed by atoms with Crippen molar-refractivity contribution in [2.24, 2.45) is 11.5 Å². The van der Waals surface area contributed by atoms with Gasteiger partial charge in [0.2, 0.25) is 0 Å². The Morgan fingerprint density at radius 2 is 2.26 bits per heavy atom. The molecule has 4 N–H and O–H groups in total. The van der Waals surface area contributed by atoms with Crippen LogP contribution in [0.2, 0.25) is 0 Å². The van der Waals surface area contributed by atoms with Gasteiger partial charge in [-0.1, -0.05) is 6.07 Å². The molecule has 1 heterocycles. The van der Waals surface area contributed by atoms with Crippen molar-refractivity contribution in [3.63, 3.8) is 0 Å². The highest BCUT2D eigenvalue weighted by atomic mass is 16.5. The van der Waals surface area contributed by atoms with Crippen molar-refractivity contribution in [3.05, 3.63) is 47.3 Å². The van der Waals surface area contributed by atoms with Crippen LogP contribution in [-0.4, -0.2) is 22.8 Å². The first kappa shape index (κ1) is 13.1. The maximum atomic E-state index is 11.0. The lowest BCUT2D eigenvalue weighted by Gasteiger charge is -2.09. The van der Waals surface area contributed by atoms with Gasteiger partial charge in [0.15, 0.2) is 0 Å². The maximum Gasteiger partial charge on any atom is 0.251 e. The Balaban J connectivity index is 2.20. The quantitative estimate of drug-likeness (QED) is 0.818. The number of nitrogens with two attached hydrogens (primary N) is 2. The average Bonchev–Trinajstić information content (AvgIpc) is 2.87. The molecule has 0 bridgehead atoms. The lowest BCUT2D eigenvalue weighted by atomic mass is 10.1. The van der Waals surface area contributed by atoms with Crippen LogP contribution >= 0.6 is 0 Å². The third-order valence-electron chi connectivity index (χ3n) is 2.83. The topological polar surface area (TPSA) is 96.2 Å². The second kappa shape index (κ2) is 5.53. The molecule has 0 unspecified atom stereocenters. The maximum absolute atomic E-state index is 11.0. The average molecular weight is 260 g/mol. The van der Waals surface area contributed by atoms with Gasteiger partial charge in [-0.15, -0.1) is 0 Å². The molecule has 0 aliphatic carbocycles. The van der Waals surface area contributed by atoms with Crippen molar-refractivity contribution >= 4 is 5.91 Å². The van der Waals surface area contributed by atoms with Crippen LogP contribution in [0, 0.1) is 0 Å². The van der Waals surface area contributed by atoms with Gasteiger partial charge in [-0.2, -0.15) is 5.10 Å².